The summed E-state index contributed by atoms with van der Waals surface area (Å²) < 4.78 is 1.01. The summed E-state index contributed by atoms with van der Waals surface area (Å²) in [6, 6.07) is 15.3. The van der Waals surface area contributed by atoms with Crippen LogP contribution in [0.1, 0.15) is 11.5 Å². The lowest BCUT2D eigenvalue weighted by molar-refractivity contribution is -0.115. The zero-order valence-corrected chi connectivity index (χ0v) is 11.6. The van der Waals surface area contributed by atoms with Gasteiger partial charge in [-0.15, -0.1) is 0 Å². The molecule has 1 aliphatic heterocycles. The van der Waals surface area contributed by atoms with Crippen LogP contribution in [0.5, 0.6) is 0 Å². The van der Waals surface area contributed by atoms with E-state index in [1.54, 1.807) is 6.21 Å². The molecule has 1 atom stereocenters. The number of benzene rings is 2. The summed E-state index contributed by atoms with van der Waals surface area (Å²) >= 11 is 3.38. The number of nitrogens with one attached hydrogen (secondary N) is 1. The second-order valence-electron chi connectivity index (χ2n) is 4.31. The summed E-state index contributed by atoms with van der Waals surface area (Å²) in [5.41, 5.74) is 2.69. The molecule has 0 spiro atoms. The van der Waals surface area contributed by atoms with E-state index in [9.17, 15) is 4.79 Å². The topological polar surface area (TPSA) is 41.5 Å². The number of halogens is 1. The maximum atomic E-state index is 11.9. The van der Waals surface area contributed by atoms with Gasteiger partial charge in [-0.25, -0.2) is 0 Å². The Kier molecular flexibility index (Phi) is 3.17. The zero-order valence-electron chi connectivity index (χ0n) is 10.0. The largest absolute Gasteiger partial charge is 0.325 e. The molecule has 1 aliphatic rings. The van der Waals surface area contributed by atoms with Crippen LogP contribution in [0.25, 0.3) is 0 Å². The minimum atomic E-state index is -0.306. The number of hydrogen-bond donors (Lipinski definition) is 1. The molecule has 0 bridgehead atoms. The number of para-hydroxylation sites is 1. The molecule has 1 amide bonds. The molecule has 1 heterocycles. The number of amides is 1. The van der Waals surface area contributed by atoms with Crippen LogP contribution in [0, 0.1) is 0 Å². The standard InChI is InChI=1S/C15H11BrN2O/c16-10-5-7-11(8-6-10)17-9-13-12-3-1-2-4-14(12)18-15(13)19/h1-9,13H,(H,18,19). The Bertz CT molecular complexity index is 649. The number of rotatable bonds is 2. The summed E-state index contributed by atoms with van der Waals surface area (Å²) in [6.45, 7) is 0. The fourth-order valence-corrected chi connectivity index (χ4v) is 2.33. The van der Waals surface area contributed by atoms with Gasteiger partial charge in [0.25, 0.3) is 0 Å². The van der Waals surface area contributed by atoms with Crippen LogP contribution >= 0.6 is 15.9 Å². The molecule has 1 N–H and O–H groups in total. The Morgan fingerprint density at radius 3 is 2.63 bits per heavy atom. The van der Waals surface area contributed by atoms with Crippen molar-refractivity contribution < 1.29 is 4.79 Å². The number of hydrogen-bond acceptors (Lipinski definition) is 2. The quantitative estimate of drug-likeness (QED) is 0.839. The van der Waals surface area contributed by atoms with Crippen molar-refractivity contribution in [3.63, 3.8) is 0 Å². The third-order valence-electron chi connectivity index (χ3n) is 3.04. The Balaban J connectivity index is 1.87. The van der Waals surface area contributed by atoms with Crippen LogP contribution in [0.2, 0.25) is 0 Å². The van der Waals surface area contributed by atoms with Gasteiger partial charge >= 0.3 is 0 Å². The van der Waals surface area contributed by atoms with E-state index in [4.69, 9.17) is 0 Å². The van der Waals surface area contributed by atoms with Crippen molar-refractivity contribution in [3.05, 3.63) is 58.6 Å². The number of carbonyl (C=O) groups excluding carboxylic acids is 1. The van der Waals surface area contributed by atoms with E-state index in [1.807, 2.05) is 48.5 Å². The molecular formula is C15H11BrN2O. The molecule has 3 nitrogen and oxygen atoms in total. The van der Waals surface area contributed by atoms with Crippen LogP contribution in [0.4, 0.5) is 11.4 Å². The first-order valence-electron chi connectivity index (χ1n) is 5.93. The molecular weight excluding hydrogens is 304 g/mol. The van der Waals surface area contributed by atoms with Gasteiger partial charge in [0.2, 0.25) is 5.91 Å². The fourth-order valence-electron chi connectivity index (χ4n) is 2.07. The van der Waals surface area contributed by atoms with Gasteiger partial charge in [-0.05, 0) is 35.9 Å². The second-order valence-corrected chi connectivity index (χ2v) is 5.22. The molecule has 0 fully saturated rings. The lowest BCUT2D eigenvalue weighted by atomic mass is 10.0. The van der Waals surface area contributed by atoms with E-state index in [1.165, 1.54) is 0 Å². The normalized spacial score (nSPS) is 17.5. The highest BCUT2D eigenvalue weighted by Crippen LogP contribution is 2.31. The molecule has 3 rings (SSSR count). The summed E-state index contributed by atoms with van der Waals surface area (Å²) in [6.07, 6.45) is 1.70. The van der Waals surface area contributed by atoms with Crippen molar-refractivity contribution in [2.75, 3.05) is 5.32 Å². The summed E-state index contributed by atoms with van der Waals surface area (Å²) in [4.78, 5) is 16.3. The minimum absolute atomic E-state index is 0.0259. The fraction of sp³-hybridized carbons (Fsp3) is 0.0667. The molecule has 4 heteroatoms. The molecule has 0 radical (unpaired) electrons. The van der Waals surface area contributed by atoms with Crippen molar-refractivity contribution in [1.29, 1.82) is 0 Å². The minimum Gasteiger partial charge on any atom is -0.325 e. The highest BCUT2D eigenvalue weighted by atomic mass is 79.9. The van der Waals surface area contributed by atoms with Gasteiger partial charge in [-0.2, -0.15) is 0 Å². The van der Waals surface area contributed by atoms with Gasteiger partial charge in [0.1, 0.15) is 5.92 Å². The van der Waals surface area contributed by atoms with E-state index in [0.717, 1.165) is 21.4 Å². The van der Waals surface area contributed by atoms with Gasteiger partial charge in [0.05, 0.1) is 5.69 Å². The first-order chi connectivity index (χ1) is 9.24. The van der Waals surface area contributed by atoms with Crippen LogP contribution in [0.3, 0.4) is 0 Å². The third-order valence-corrected chi connectivity index (χ3v) is 3.56. The van der Waals surface area contributed by atoms with Gasteiger partial charge in [0, 0.05) is 16.4 Å². The SMILES string of the molecule is O=C1Nc2ccccc2C1C=Nc1ccc(Br)cc1. The van der Waals surface area contributed by atoms with Crippen molar-refractivity contribution in [3.8, 4) is 0 Å². The van der Waals surface area contributed by atoms with Gasteiger partial charge in [0.15, 0.2) is 0 Å². The Morgan fingerprint density at radius 1 is 1.11 bits per heavy atom. The average molecular weight is 315 g/mol. The van der Waals surface area contributed by atoms with Crippen molar-refractivity contribution in [2.45, 2.75) is 5.92 Å². The zero-order chi connectivity index (χ0) is 13.2. The first kappa shape index (κ1) is 12.1. The maximum absolute atomic E-state index is 11.9. The van der Waals surface area contributed by atoms with Crippen molar-refractivity contribution in [1.82, 2.24) is 0 Å². The Morgan fingerprint density at radius 2 is 1.84 bits per heavy atom. The molecule has 1 unspecified atom stereocenters. The molecule has 2 aromatic rings. The van der Waals surface area contributed by atoms with Gasteiger partial charge in [-0.3, -0.25) is 9.79 Å². The molecule has 2 aromatic carbocycles. The monoisotopic (exact) mass is 314 g/mol. The molecule has 19 heavy (non-hydrogen) atoms. The maximum Gasteiger partial charge on any atom is 0.237 e. The van der Waals surface area contributed by atoms with E-state index in [-0.39, 0.29) is 11.8 Å². The Hall–Kier alpha value is -1.94. The van der Waals surface area contributed by atoms with Crippen molar-refractivity contribution in [2.24, 2.45) is 4.99 Å². The van der Waals surface area contributed by atoms with Gasteiger partial charge in [-0.1, -0.05) is 34.1 Å². The number of nitrogens with zero attached hydrogens (tertiary/aromatic N) is 1. The second kappa shape index (κ2) is 4.97. The molecule has 0 aliphatic carbocycles. The lowest BCUT2D eigenvalue weighted by Crippen LogP contribution is -2.12. The lowest BCUT2D eigenvalue weighted by Gasteiger charge is -2.01. The molecule has 0 saturated heterocycles. The van der Waals surface area contributed by atoms with Crippen LogP contribution in [-0.2, 0) is 4.79 Å². The first-order valence-corrected chi connectivity index (χ1v) is 6.73. The number of anilines is 1. The van der Waals surface area contributed by atoms with E-state index >= 15 is 0 Å². The summed E-state index contributed by atoms with van der Waals surface area (Å²) in [5, 5.41) is 2.86. The number of aliphatic imine (C=N–C) groups is 1. The highest BCUT2D eigenvalue weighted by molar-refractivity contribution is 9.10. The van der Waals surface area contributed by atoms with Crippen molar-refractivity contribution >= 4 is 39.4 Å². The average Bonchev–Trinajstić information content (AvgIpc) is 2.74. The third kappa shape index (κ3) is 2.44. The van der Waals surface area contributed by atoms with Crippen LogP contribution < -0.4 is 5.32 Å². The predicted molar refractivity (Wildman–Crippen MR) is 80.1 cm³/mol. The molecule has 0 saturated carbocycles. The number of fused-ring (bicyclic) bond motifs is 1. The van der Waals surface area contributed by atoms with E-state index in [2.05, 4.69) is 26.2 Å². The predicted octanol–water partition coefficient (Wildman–Crippen LogP) is 3.89. The highest BCUT2D eigenvalue weighted by Gasteiger charge is 2.28. The number of carbonyl (C=O) groups is 1. The molecule has 0 aromatic heterocycles. The molecule has 94 valence electrons. The summed E-state index contributed by atoms with van der Waals surface area (Å²) in [5.74, 6) is -0.332. The Labute approximate surface area is 119 Å². The van der Waals surface area contributed by atoms with E-state index in [0.29, 0.717) is 0 Å². The van der Waals surface area contributed by atoms with Crippen LogP contribution in [0.15, 0.2) is 58.0 Å². The summed E-state index contributed by atoms with van der Waals surface area (Å²) in [7, 11) is 0. The van der Waals surface area contributed by atoms with E-state index < -0.39 is 0 Å². The van der Waals surface area contributed by atoms with Gasteiger partial charge < -0.3 is 5.32 Å². The smallest absolute Gasteiger partial charge is 0.237 e. The van der Waals surface area contributed by atoms with Crippen LogP contribution in [-0.4, -0.2) is 12.1 Å².